The standard InChI is InChI=1S/C17H13ClN4S/c1-10-16(23-17(20-10)11-4-3-6-19-9-11)15-12-5-7-22(2)13(12)8-14(18)21-15/h3-9H,1-2H3. The Morgan fingerprint density at radius 2 is 2.09 bits per heavy atom. The van der Waals surface area contributed by atoms with Crippen molar-refractivity contribution in [1.29, 1.82) is 0 Å². The van der Waals surface area contributed by atoms with Crippen molar-refractivity contribution in [2.75, 3.05) is 0 Å². The van der Waals surface area contributed by atoms with Crippen molar-refractivity contribution in [2.24, 2.45) is 7.05 Å². The van der Waals surface area contributed by atoms with Crippen molar-refractivity contribution in [3.63, 3.8) is 0 Å². The second-order valence-corrected chi connectivity index (χ2v) is 6.71. The number of rotatable bonds is 2. The van der Waals surface area contributed by atoms with Crippen molar-refractivity contribution in [2.45, 2.75) is 6.92 Å². The van der Waals surface area contributed by atoms with Gasteiger partial charge in [-0.05, 0) is 31.2 Å². The van der Waals surface area contributed by atoms with Crippen LogP contribution in [0.2, 0.25) is 5.15 Å². The number of aromatic nitrogens is 4. The summed E-state index contributed by atoms with van der Waals surface area (Å²) in [5.74, 6) is 0. The lowest BCUT2D eigenvalue weighted by molar-refractivity contribution is 0.968. The van der Waals surface area contributed by atoms with E-state index in [1.165, 1.54) is 0 Å². The van der Waals surface area contributed by atoms with E-state index in [0.29, 0.717) is 5.15 Å². The molecule has 0 radical (unpaired) electrons. The zero-order chi connectivity index (χ0) is 16.0. The topological polar surface area (TPSA) is 43.6 Å². The summed E-state index contributed by atoms with van der Waals surface area (Å²) in [7, 11) is 2.00. The summed E-state index contributed by atoms with van der Waals surface area (Å²) in [4.78, 5) is 14.5. The molecule has 0 aliphatic heterocycles. The molecule has 0 fully saturated rings. The van der Waals surface area contributed by atoms with Gasteiger partial charge >= 0.3 is 0 Å². The minimum Gasteiger partial charge on any atom is -0.350 e. The van der Waals surface area contributed by atoms with E-state index >= 15 is 0 Å². The Bertz CT molecular complexity index is 1000. The molecule has 0 atom stereocenters. The second kappa shape index (κ2) is 5.44. The molecule has 4 aromatic heterocycles. The molecule has 0 saturated carbocycles. The summed E-state index contributed by atoms with van der Waals surface area (Å²) in [5.41, 5.74) is 3.92. The molecule has 4 rings (SSSR count). The average molecular weight is 341 g/mol. The van der Waals surface area contributed by atoms with E-state index in [4.69, 9.17) is 11.6 Å². The molecule has 6 heteroatoms. The van der Waals surface area contributed by atoms with Gasteiger partial charge in [0.25, 0.3) is 0 Å². The van der Waals surface area contributed by atoms with Crippen LogP contribution < -0.4 is 0 Å². The number of hydrogen-bond acceptors (Lipinski definition) is 4. The summed E-state index contributed by atoms with van der Waals surface area (Å²) >= 11 is 7.85. The molecule has 0 bridgehead atoms. The molecule has 0 unspecified atom stereocenters. The van der Waals surface area contributed by atoms with Gasteiger partial charge in [-0.25, -0.2) is 9.97 Å². The first-order valence-electron chi connectivity index (χ1n) is 7.13. The van der Waals surface area contributed by atoms with E-state index in [2.05, 4.69) is 21.0 Å². The summed E-state index contributed by atoms with van der Waals surface area (Å²) in [5, 5.41) is 2.52. The fraction of sp³-hybridized carbons (Fsp3) is 0.118. The van der Waals surface area contributed by atoms with Gasteiger partial charge < -0.3 is 4.57 Å². The first-order chi connectivity index (χ1) is 11.1. The Labute approximate surface area is 142 Å². The van der Waals surface area contributed by atoms with Gasteiger partial charge in [0.2, 0.25) is 0 Å². The smallest absolute Gasteiger partial charge is 0.131 e. The molecule has 0 aromatic carbocycles. The first kappa shape index (κ1) is 14.4. The highest BCUT2D eigenvalue weighted by Gasteiger charge is 2.17. The van der Waals surface area contributed by atoms with Crippen LogP contribution in [-0.4, -0.2) is 19.5 Å². The fourth-order valence-corrected chi connectivity index (χ4v) is 3.88. The average Bonchev–Trinajstić information content (AvgIpc) is 3.12. The molecule has 0 aliphatic carbocycles. The van der Waals surface area contributed by atoms with E-state index in [-0.39, 0.29) is 0 Å². The zero-order valence-corrected chi connectivity index (χ0v) is 14.2. The molecular formula is C17H13ClN4S. The SMILES string of the molecule is Cc1nc(-c2cccnc2)sc1-c1nc(Cl)cc2c1ccn2C. The molecule has 4 heterocycles. The molecule has 0 N–H and O–H groups in total. The zero-order valence-electron chi connectivity index (χ0n) is 12.6. The molecule has 0 amide bonds. The predicted molar refractivity (Wildman–Crippen MR) is 94.8 cm³/mol. The Balaban J connectivity index is 1.94. The van der Waals surface area contributed by atoms with Gasteiger partial charge in [-0.3, -0.25) is 4.98 Å². The van der Waals surface area contributed by atoms with E-state index in [1.807, 2.05) is 49.1 Å². The van der Waals surface area contributed by atoms with Crippen molar-refractivity contribution in [1.82, 2.24) is 19.5 Å². The Hall–Kier alpha value is -2.24. The minimum absolute atomic E-state index is 0.491. The molecule has 0 saturated heterocycles. The van der Waals surface area contributed by atoms with Crippen LogP contribution >= 0.6 is 22.9 Å². The van der Waals surface area contributed by atoms with Crippen molar-refractivity contribution in [3.05, 3.63) is 53.7 Å². The highest BCUT2D eigenvalue weighted by atomic mass is 35.5. The molecule has 4 nitrogen and oxygen atoms in total. The van der Waals surface area contributed by atoms with E-state index < -0.39 is 0 Å². The predicted octanol–water partition coefficient (Wildman–Crippen LogP) is 4.72. The first-order valence-corrected chi connectivity index (χ1v) is 8.32. The highest BCUT2D eigenvalue weighted by Crippen LogP contribution is 2.38. The molecule has 114 valence electrons. The molecule has 23 heavy (non-hydrogen) atoms. The lowest BCUT2D eigenvalue weighted by atomic mass is 10.2. The van der Waals surface area contributed by atoms with Crippen LogP contribution in [0.1, 0.15) is 5.69 Å². The number of fused-ring (bicyclic) bond motifs is 1. The maximum atomic E-state index is 6.23. The maximum absolute atomic E-state index is 6.23. The van der Waals surface area contributed by atoms with E-state index in [9.17, 15) is 0 Å². The van der Waals surface area contributed by atoms with Crippen molar-refractivity contribution >= 4 is 33.8 Å². The van der Waals surface area contributed by atoms with Gasteiger partial charge in [-0.1, -0.05) is 11.6 Å². The van der Waals surface area contributed by atoms with Crippen LogP contribution in [-0.2, 0) is 7.05 Å². The highest BCUT2D eigenvalue weighted by molar-refractivity contribution is 7.18. The third kappa shape index (κ3) is 2.42. The third-order valence-electron chi connectivity index (χ3n) is 3.77. The van der Waals surface area contributed by atoms with Gasteiger partial charge in [0.1, 0.15) is 10.2 Å². The lowest BCUT2D eigenvalue weighted by Crippen LogP contribution is -1.89. The van der Waals surface area contributed by atoms with Crippen LogP contribution in [0.5, 0.6) is 0 Å². The number of aryl methyl sites for hydroxylation is 2. The Morgan fingerprint density at radius 3 is 2.87 bits per heavy atom. The number of hydrogen-bond donors (Lipinski definition) is 0. The van der Waals surface area contributed by atoms with Crippen LogP contribution in [0.15, 0.2) is 42.9 Å². The summed E-state index contributed by atoms with van der Waals surface area (Å²) in [6.45, 7) is 2.00. The number of thiazole rings is 1. The van der Waals surface area contributed by atoms with Gasteiger partial charge in [0.15, 0.2) is 0 Å². The van der Waals surface area contributed by atoms with Crippen LogP contribution in [0, 0.1) is 6.92 Å². The summed E-state index contributed by atoms with van der Waals surface area (Å²) in [6.07, 6.45) is 5.60. The van der Waals surface area contributed by atoms with Gasteiger partial charge in [0.05, 0.1) is 21.8 Å². The third-order valence-corrected chi connectivity index (χ3v) is 5.18. The second-order valence-electron chi connectivity index (χ2n) is 5.33. The Kier molecular flexibility index (Phi) is 3.39. The maximum Gasteiger partial charge on any atom is 0.131 e. The molecular weight excluding hydrogens is 328 g/mol. The quantitative estimate of drug-likeness (QED) is 0.496. The molecule has 0 spiro atoms. The summed E-state index contributed by atoms with van der Waals surface area (Å²) in [6, 6.07) is 7.88. The van der Waals surface area contributed by atoms with Gasteiger partial charge in [-0.15, -0.1) is 11.3 Å². The molecule has 0 aliphatic rings. The largest absolute Gasteiger partial charge is 0.350 e. The fourth-order valence-electron chi connectivity index (χ4n) is 2.64. The number of pyridine rings is 2. The lowest BCUT2D eigenvalue weighted by Gasteiger charge is -2.03. The van der Waals surface area contributed by atoms with Crippen LogP contribution in [0.4, 0.5) is 0 Å². The number of nitrogens with zero attached hydrogens (tertiary/aromatic N) is 4. The monoisotopic (exact) mass is 340 g/mol. The summed E-state index contributed by atoms with van der Waals surface area (Å²) < 4.78 is 2.05. The number of halogens is 1. The Morgan fingerprint density at radius 1 is 1.22 bits per heavy atom. The minimum atomic E-state index is 0.491. The van der Waals surface area contributed by atoms with Crippen molar-refractivity contribution < 1.29 is 0 Å². The van der Waals surface area contributed by atoms with E-state index in [1.54, 1.807) is 17.5 Å². The van der Waals surface area contributed by atoms with Gasteiger partial charge in [0, 0.05) is 36.6 Å². The van der Waals surface area contributed by atoms with Crippen molar-refractivity contribution in [3.8, 4) is 21.1 Å². The van der Waals surface area contributed by atoms with Crippen LogP contribution in [0.25, 0.3) is 32.0 Å². The normalized spacial score (nSPS) is 11.3. The molecule has 4 aromatic rings. The van der Waals surface area contributed by atoms with Gasteiger partial charge in [-0.2, -0.15) is 0 Å². The van der Waals surface area contributed by atoms with E-state index in [0.717, 1.165) is 37.7 Å². The van der Waals surface area contributed by atoms with Crippen LogP contribution in [0.3, 0.4) is 0 Å².